The third-order valence-electron chi connectivity index (χ3n) is 3.42. The number of hydrogen-bond donors (Lipinski definition) is 3. The number of rotatable bonds is 6. The molecule has 3 amide bonds. The smallest absolute Gasteiger partial charge is 0.331 e. The fraction of sp³-hybridized carbons (Fsp3) is 0.176. The fourth-order valence-electron chi connectivity index (χ4n) is 2.20. The van der Waals surface area contributed by atoms with E-state index in [-0.39, 0.29) is 23.4 Å². The van der Waals surface area contributed by atoms with Crippen molar-refractivity contribution in [3.8, 4) is 0 Å². The molecule has 0 atom stereocenters. The number of nitrogens with two attached hydrogens (primary N) is 1. The van der Waals surface area contributed by atoms with E-state index in [1.165, 1.54) is 18.2 Å². The average molecular weight is 365 g/mol. The van der Waals surface area contributed by atoms with E-state index in [4.69, 9.17) is 5.73 Å². The van der Waals surface area contributed by atoms with Gasteiger partial charge in [-0.2, -0.15) is 0 Å². The zero-order chi connectivity index (χ0) is 18.4. The first kappa shape index (κ1) is 18.7. The van der Waals surface area contributed by atoms with Crippen LogP contribution in [0.15, 0.2) is 42.5 Å². The molecule has 8 heteroatoms. The van der Waals surface area contributed by atoms with Gasteiger partial charge in [-0.3, -0.25) is 9.10 Å². The summed E-state index contributed by atoms with van der Waals surface area (Å²) in [5, 5.41) is 2.54. The summed E-state index contributed by atoms with van der Waals surface area (Å²) < 4.78 is 26.7. The van der Waals surface area contributed by atoms with Crippen molar-refractivity contribution in [2.45, 2.75) is 19.9 Å². The Kier molecular flexibility index (Phi) is 6.35. The molecular formula is C17H17F2N3O2S. The van der Waals surface area contributed by atoms with Gasteiger partial charge in [-0.25, -0.2) is 13.6 Å². The Bertz CT molecular complexity index is 747. The molecular weight excluding hydrogens is 348 g/mol. The quantitative estimate of drug-likeness (QED) is 0.684. The largest absolute Gasteiger partial charge is 0.366 e. The van der Waals surface area contributed by atoms with Crippen LogP contribution in [0.5, 0.6) is 0 Å². The lowest BCUT2D eigenvalue weighted by atomic mass is 10.1. The molecule has 5 nitrogen and oxygen atoms in total. The predicted octanol–water partition coefficient (Wildman–Crippen LogP) is 3.60. The number of carbonyl (C=O) groups excluding carboxylic acids is 2. The van der Waals surface area contributed by atoms with E-state index in [9.17, 15) is 18.4 Å². The first-order valence-electron chi connectivity index (χ1n) is 7.34. The molecule has 3 N–H and O–H groups in total. The van der Waals surface area contributed by atoms with Crippen molar-refractivity contribution in [3.05, 3.63) is 64.7 Å². The van der Waals surface area contributed by atoms with Gasteiger partial charge in [0.1, 0.15) is 13.3 Å². The van der Waals surface area contributed by atoms with E-state index in [0.29, 0.717) is 5.56 Å². The molecule has 0 bridgehead atoms. The van der Waals surface area contributed by atoms with Crippen LogP contribution in [0.25, 0.3) is 0 Å². The minimum atomic E-state index is -0.756. The van der Waals surface area contributed by atoms with E-state index < -0.39 is 25.3 Å². The summed E-state index contributed by atoms with van der Waals surface area (Å²) in [5.41, 5.74) is 7.10. The van der Waals surface area contributed by atoms with Gasteiger partial charge in [0.05, 0.1) is 6.54 Å². The van der Waals surface area contributed by atoms with Crippen LogP contribution < -0.4 is 11.1 Å². The molecule has 0 radical (unpaired) electrons. The van der Waals surface area contributed by atoms with Gasteiger partial charge in [-0.1, -0.05) is 31.0 Å². The molecule has 2 aromatic carbocycles. The van der Waals surface area contributed by atoms with E-state index in [1.54, 1.807) is 24.3 Å². The standard InChI is InChI=1S/C17H17F2N3O2S/c18-8-12-5-13(9-19)7-15(6-12)21-17(24)22(25)10-11-1-3-14(4-2-11)16(20)23/h1-7,25H,8-10H2,(H2,20,23)(H,21,24). The van der Waals surface area contributed by atoms with Gasteiger partial charge >= 0.3 is 6.03 Å². The maximum Gasteiger partial charge on any atom is 0.331 e. The lowest BCUT2D eigenvalue weighted by Crippen LogP contribution is -2.26. The Morgan fingerprint density at radius 3 is 2.04 bits per heavy atom. The molecule has 0 heterocycles. The monoisotopic (exact) mass is 365 g/mol. The molecule has 2 aromatic rings. The molecule has 0 aliphatic heterocycles. The Labute approximate surface area is 149 Å². The summed E-state index contributed by atoms with van der Waals surface area (Å²) in [6.45, 7) is -1.35. The second-order valence-electron chi connectivity index (χ2n) is 5.35. The zero-order valence-corrected chi connectivity index (χ0v) is 14.1. The first-order chi connectivity index (χ1) is 11.9. The Hall–Kier alpha value is -2.61. The molecule has 0 spiro atoms. The normalized spacial score (nSPS) is 10.4. The summed E-state index contributed by atoms with van der Waals surface area (Å²) in [4.78, 5) is 23.2. The number of anilines is 1. The highest BCUT2D eigenvalue weighted by Gasteiger charge is 2.12. The van der Waals surface area contributed by atoms with E-state index in [1.807, 2.05) is 0 Å². The van der Waals surface area contributed by atoms with Crippen LogP contribution in [0.3, 0.4) is 0 Å². The molecule has 2 rings (SSSR count). The highest BCUT2D eigenvalue weighted by Crippen LogP contribution is 2.18. The number of urea groups is 1. The molecule has 0 saturated heterocycles. The van der Waals surface area contributed by atoms with Crippen LogP contribution in [0.4, 0.5) is 19.3 Å². The van der Waals surface area contributed by atoms with Crippen molar-refractivity contribution in [2.75, 3.05) is 5.32 Å². The number of nitrogens with one attached hydrogen (secondary N) is 1. The number of hydrogen-bond acceptors (Lipinski definition) is 3. The van der Waals surface area contributed by atoms with E-state index in [2.05, 4.69) is 18.1 Å². The van der Waals surface area contributed by atoms with Crippen LogP contribution >= 0.6 is 12.8 Å². The maximum atomic E-state index is 12.8. The van der Waals surface area contributed by atoms with Crippen molar-refractivity contribution in [2.24, 2.45) is 5.73 Å². The van der Waals surface area contributed by atoms with Crippen LogP contribution in [0.1, 0.15) is 27.0 Å². The van der Waals surface area contributed by atoms with Crippen molar-refractivity contribution in [1.82, 2.24) is 4.31 Å². The van der Waals surface area contributed by atoms with Crippen LogP contribution in [0, 0.1) is 0 Å². The third-order valence-corrected chi connectivity index (χ3v) is 3.74. The van der Waals surface area contributed by atoms with Crippen LogP contribution in [-0.4, -0.2) is 16.2 Å². The predicted molar refractivity (Wildman–Crippen MR) is 94.6 cm³/mol. The third kappa shape index (κ3) is 5.18. The number of carbonyl (C=O) groups is 2. The van der Waals surface area contributed by atoms with Crippen molar-refractivity contribution in [3.63, 3.8) is 0 Å². The number of halogens is 2. The SMILES string of the molecule is NC(=O)c1ccc(CN(S)C(=O)Nc2cc(CF)cc(CF)c2)cc1. The summed E-state index contributed by atoms with van der Waals surface area (Å²) in [6, 6.07) is 10.1. The minimum absolute atomic E-state index is 0.159. The van der Waals surface area contributed by atoms with Crippen molar-refractivity contribution < 1.29 is 18.4 Å². The Balaban J connectivity index is 2.03. The summed E-state index contributed by atoms with van der Waals surface area (Å²) in [6.07, 6.45) is 0. The highest BCUT2D eigenvalue weighted by molar-refractivity contribution is 7.78. The number of amides is 3. The minimum Gasteiger partial charge on any atom is -0.366 e. The number of benzene rings is 2. The molecule has 0 fully saturated rings. The topological polar surface area (TPSA) is 75.4 Å². The van der Waals surface area contributed by atoms with E-state index >= 15 is 0 Å². The number of thiol groups is 1. The second-order valence-corrected chi connectivity index (χ2v) is 5.84. The van der Waals surface area contributed by atoms with Gasteiger partial charge in [0.2, 0.25) is 5.91 Å². The lowest BCUT2D eigenvalue weighted by Gasteiger charge is -2.17. The summed E-state index contributed by atoms with van der Waals surface area (Å²) in [7, 11) is 0. The zero-order valence-electron chi connectivity index (χ0n) is 13.2. The average Bonchev–Trinajstić information content (AvgIpc) is 2.61. The number of nitrogens with zero attached hydrogens (tertiary/aromatic N) is 1. The highest BCUT2D eigenvalue weighted by atomic mass is 32.1. The van der Waals surface area contributed by atoms with Gasteiger partial charge in [-0.15, -0.1) is 0 Å². The van der Waals surface area contributed by atoms with Gasteiger partial charge in [-0.05, 0) is 41.0 Å². The van der Waals surface area contributed by atoms with Crippen LogP contribution in [0.2, 0.25) is 0 Å². The molecule has 0 aromatic heterocycles. The maximum absolute atomic E-state index is 12.8. The first-order valence-corrected chi connectivity index (χ1v) is 7.74. The fourth-order valence-corrected chi connectivity index (χ4v) is 2.41. The molecule has 25 heavy (non-hydrogen) atoms. The van der Waals surface area contributed by atoms with Crippen LogP contribution in [-0.2, 0) is 19.9 Å². The Morgan fingerprint density at radius 2 is 1.56 bits per heavy atom. The Morgan fingerprint density at radius 1 is 1.00 bits per heavy atom. The van der Waals surface area contributed by atoms with Crippen molar-refractivity contribution in [1.29, 1.82) is 0 Å². The molecule has 0 unspecified atom stereocenters. The van der Waals surface area contributed by atoms with E-state index in [0.717, 1.165) is 9.87 Å². The second kappa shape index (κ2) is 8.48. The molecule has 0 aliphatic rings. The molecule has 0 aliphatic carbocycles. The summed E-state index contributed by atoms with van der Waals surface area (Å²) in [5.74, 6) is -0.538. The van der Waals surface area contributed by atoms with Gasteiger partial charge in [0, 0.05) is 11.3 Å². The van der Waals surface area contributed by atoms with Gasteiger partial charge in [0.25, 0.3) is 0 Å². The number of primary amides is 1. The van der Waals surface area contributed by atoms with Crippen molar-refractivity contribution >= 4 is 30.4 Å². The molecule has 0 saturated carbocycles. The number of alkyl halides is 2. The van der Waals surface area contributed by atoms with Gasteiger partial charge in [0.15, 0.2) is 0 Å². The van der Waals surface area contributed by atoms with Gasteiger partial charge < -0.3 is 11.1 Å². The lowest BCUT2D eigenvalue weighted by molar-refractivity contribution is 0.1000. The summed E-state index contributed by atoms with van der Waals surface area (Å²) >= 11 is 4.11. The molecule has 132 valence electrons.